The highest BCUT2D eigenvalue weighted by molar-refractivity contribution is 14.1. The van der Waals surface area contributed by atoms with Crippen molar-refractivity contribution < 1.29 is 0 Å². The van der Waals surface area contributed by atoms with Gasteiger partial charge in [-0.15, -0.1) is 0 Å². The molecule has 1 saturated carbocycles. The summed E-state index contributed by atoms with van der Waals surface area (Å²) in [6.45, 7) is 9.31. The lowest BCUT2D eigenvalue weighted by Gasteiger charge is -2.47. The normalized spacial score (nSPS) is 21.3. The van der Waals surface area contributed by atoms with Crippen molar-refractivity contribution >= 4 is 38.3 Å². The maximum atomic E-state index is 4.75. The first kappa shape index (κ1) is 22.1. The second-order valence-electron chi connectivity index (χ2n) is 10.2. The smallest absolute Gasteiger partial charge is 0.155 e. The van der Waals surface area contributed by atoms with Gasteiger partial charge in [0, 0.05) is 17.3 Å². The second kappa shape index (κ2) is 8.11. The number of halogens is 1. The van der Waals surface area contributed by atoms with Gasteiger partial charge in [-0.05, 0) is 90.2 Å². The Bertz CT molecular complexity index is 1040. The van der Waals surface area contributed by atoms with E-state index in [4.69, 9.17) is 10.2 Å². The monoisotopic (exact) mass is 539 g/mol. The molecule has 1 fully saturated rings. The molecule has 0 aromatic carbocycles. The van der Waals surface area contributed by atoms with Crippen LogP contribution in [0.15, 0.2) is 24.7 Å². The fraction of sp³-hybridized carbons (Fsp3) is 0.609. The largest absolute Gasteiger partial charge is 0.269 e. The molecule has 3 aromatic heterocycles. The highest BCUT2D eigenvalue weighted by Gasteiger charge is 2.32. The molecule has 0 aliphatic heterocycles. The van der Waals surface area contributed by atoms with Crippen LogP contribution in [0.25, 0.3) is 16.8 Å². The molecule has 0 bridgehead atoms. The molecule has 4 rings (SSSR count). The molecule has 7 heteroatoms. The van der Waals surface area contributed by atoms with E-state index >= 15 is 0 Å². The minimum absolute atomic E-state index is 0.431. The first-order valence-corrected chi connectivity index (χ1v) is 14.5. The van der Waals surface area contributed by atoms with Crippen LogP contribution in [0.5, 0.6) is 0 Å². The van der Waals surface area contributed by atoms with Crippen molar-refractivity contribution in [2.75, 3.05) is 18.3 Å². The average molecular weight is 540 g/mol. The Kier molecular flexibility index (Phi) is 5.98. The Labute approximate surface area is 195 Å². The van der Waals surface area contributed by atoms with Crippen LogP contribution in [0.4, 0.5) is 0 Å². The molecule has 0 N–H and O–H groups in total. The summed E-state index contributed by atoms with van der Waals surface area (Å²) in [5.74, 6) is 2.28. The molecule has 0 atom stereocenters. The summed E-state index contributed by atoms with van der Waals surface area (Å²) in [6, 6.07) is 2.65. The molecular weight excluding hydrogens is 505 g/mol. The standard InChI is InChI=1S/C23H34IN5S/c1-16-20(11-22-25-13-21(24)29(22)27-16)18-12-26-28(14-18)19-9-7-17(8-10-19)15-30(5,6)23(2,3)4/h11-14,17,19H,7-10,15H2,1-6H3. The third kappa shape index (κ3) is 4.29. The summed E-state index contributed by atoms with van der Waals surface area (Å²) < 4.78 is 5.56. The van der Waals surface area contributed by atoms with Crippen LogP contribution in [0.1, 0.15) is 58.2 Å². The number of hydrogen-bond acceptors (Lipinski definition) is 3. The summed E-state index contributed by atoms with van der Waals surface area (Å²) in [7, 11) is -0.570. The number of hydrogen-bond donors (Lipinski definition) is 0. The maximum absolute atomic E-state index is 4.75. The van der Waals surface area contributed by atoms with Crippen LogP contribution in [0.2, 0.25) is 0 Å². The molecule has 30 heavy (non-hydrogen) atoms. The molecule has 5 nitrogen and oxygen atoms in total. The SMILES string of the molecule is Cc1nn2c(I)cnc2cc1-c1cnn(C2CCC(CS(C)(C)C(C)(C)C)CC2)c1. The molecule has 1 aliphatic carbocycles. The van der Waals surface area contributed by atoms with Gasteiger partial charge in [-0.1, -0.05) is 20.8 Å². The molecule has 3 heterocycles. The van der Waals surface area contributed by atoms with Crippen LogP contribution >= 0.6 is 32.6 Å². The van der Waals surface area contributed by atoms with Crippen LogP contribution in [-0.2, 0) is 0 Å². The summed E-state index contributed by atoms with van der Waals surface area (Å²) in [5.41, 5.74) is 4.16. The van der Waals surface area contributed by atoms with Crippen LogP contribution in [0, 0.1) is 16.5 Å². The number of rotatable bonds is 4. The number of aryl methyl sites for hydroxylation is 1. The minimum atomic E-state index is -0.570. The molecule has 0 spiro atoms. The summed E-state index contributed by atoms with van der Waals surface area (Å²) in [4.78, 5) is 4.46. The number of imidazole rings is 1. The lowest BCUT2D eigenvalue weighted by molar-refractivity contribution is 0.276. The molecule has 0 radical (unpaired) electrons. The predicted octanol–water partition coefficient (Wildman–Crippen LogP) is 6.10. The van der Waals surface area contributed by atoms with Crippen LogP contribution < -0.4 is 0 Å². The Morgan fingerprint density at radius 3 is 2.50 bits per heavy atom. The van der Waals surface area contributed by atoms with Gasteiger partial charge in [-0.2, -0.15) is 10.2 Å². The van der Waals surface area contributed by atoms with E-state index in [1.807, 2.05) is 16.9 Å². The molecule has 0 unspecified atom stereocenters. The quantitative estimate of drug-likeness (QED) is 0.377. The van der Waals surface area contributed by atoms with Gasteiger partial charge >= 0.3 is 0 Å². The van der Waals surface area contributed by atoms with Gasteiger partial charge in [0.1, 0.15) is 3.70 Å². The maximum Gasteiger partial charge on any atom is 0.155 e. The van der Waals surface area contributed by atoms with Crippen molar-refractivity contribution in [3.05, 3.63) is 34.1 Å². The third-order valence-electron chi connectivity index (χ3n) is 7.05. The van der Waals surface area contributed by atoms with Gasteiger partial charge in [-0.25, -0.2) is 19.5 Å². The Balaban J connectivity index is 1.45. The first-order valence-electron chi connectivity index (χ1n) is 10.8. The van der Waals surface area contributed by atoms with Gasteiger partial charge in [-0.3, -0.25) is 4.68 Å². The summed E-state index contributed by atoms with van der Waals surface area (Å²) in [6.07, 6.45) is 16.2. The highest BCUT2D eigenvalue weighted by atomic mass is 127. The van der Waals surface area contributed by atoms with E-state index < -0.39 is 10.0 Å². The van der Waals surface area contributed by atoms with Gasteiger partial charge < -0.3 is 0 Å². The molecule has 164 valence electrons. The highest BCUT2D eigenvalue weighted by Crippen LogP contribution is 2.55. The number of aromatic nitrogens is 5. The zero-order chi connectivity index (χ0) is 21.7. The van der Waals surface area contributed by atoms with E-state index in [2.05, 4.69) is 84.7 Å². The fourth-order valence-corrected chi connectivity index (χ4v) is 6.86. The zero-order valence-corrected chi connectivity index (χ0v) is 22.0. The summed E-state index contributed by atoms with van der Waals surface area (Å²) in [5, 5.41) is 9.46. The second-order valence-corrected chi connectivity index (χ2v) is 15.9. The van der Waals surface area contributed by atoms with Gasteiger partial charge in [0.15, 0.2) is 5.65 Å². The lowest BCUT2D eigenvalue weighted by atomic mass is 9.87. The third-order valence-corrected chi connectivity index (χ3v) is 12.4. The van der Waals surface area contributed by atoms with Gasteiger partial charge in [0.2, 0.25) is 0 Å². The Hall–Kier alpha value is -1.09. The molecule has 1 aliphatic rings. The van der Waals surface area contributed by atoms with E-state index in [-0.39, 0.29) is 0 Å². The Morgan fingerprint density at radius 1 is 1.13 bits per heavy atom. The van der Waals surface area contributed by atoms with Crippen molar-refractivity contribution in [1.29, 1.82) is 0 Å². The summed E-state index contributed by atoms with van der Waals surface area (Å²) >= 11 is 2.27. The molecule has 0 amide bonds. The van der Waals surface area contributed by atoms with E-state index in [1.165, 1.54) is 31.4 Å². The first-order chi connectivity index (χ1) is 14.0. The van der Waals surface area contributed by atoms with Crippen LogP contribution in [0.3, 0.4) is 0 Å². The fourth-order valence-electron chi connectivity index (χ4n) is 4.36. The van der Waals surface area contributed by atoms with Crippen molar-refractivity contribution in [2.24, 2.45) is 5.92 Å². The van der Waals surface area contributed by atoms with E-state index in [1.54, 1.807) is 0 Å². The lowest BCUT2D eigenvalue weighted by Crippen LogP contribution is -2.30. The van der Waals surface area contributed by atoms with Crippen molar-refractivity contribution in [1.82, 2.24) is 24.4 Å². The van der Waals surface area contributed by atoms with Gasteiger partial charge in [0.05, 0.1) is 24.1 Å². The van der Waals surface area contributed by atoms with E-state index in [9.17, 15) is 0 Å². The number of nitrogens with zero attached hydrogens (tertiary/aromatic N) is 5. The zero-order valence-electron chi connectivity index (χ0n) is 19.0. The Morgan fingerprint density at radius 2 is 1.83 bits per heavy atom. The van der Waals surface area contributed by atoms with Crippen molar-refractivity contribution in [3.8, 4) is 11.1 Å². The van der Waals surface area contributed by atoms with E-state index in [0.29, 0.717) is 10.8 Å². The minimum Gasteiger partial charge on any atom is -0.269 e. The van der Waals surface area contributed by atoms with Crippen LogP contribution in [-0.4, -0.2) is 47.4 Å². The molecular formula is C23H34IN5S. The molecule has 3 aromatic rings. The van der Waals surface area contributed by atoms with Crippen molar-refractivity contribution in [3.63, 3.8) is 0 Å². The predicted molar refractivity (Wildman–Crippen MR) is 137 cm³/mol. The van der Waals surface area contributed by atoms with Gasteiger partial charge in [0.25, 0.3) is 0 Å². The molecule has 0 saturated heterocycles. The topological polar surface area (TPSA) is 48.0 Å². The average Bonchev–Trinajstić information content (AvgIpc) is 3.28. The number of fused-ring (bicyclic) bond motifs is 1. The van der Waals surface area contributed by atoms with E-state index in [0.717, 1.165) is 32.1 Å². The van der Waals surface area contributed by atoms with Crippen molar-refractivity contribution in [2.45, 2.75) is 64.2 Å².